The third kappa shape index (κ3) is 3.99. The Balaban J connectivity index is 1.31. The third-order valence-electron chi connectivity index (χ3n) is 6.29. The monoisotopic (exact) mass is 409 g/mol. The lowest BCUT2D eigenvalue weighted by Gasteiger charge is -2.36. The molecule has 1 aliphatic rings. The zero-order valence-corrected chi connectivity index (χ0v) is 17.8. The number of nitrogens with zero attached hydrogens (tertiary/aromatic N) is 2. The van der Waals surface area contributed by atoms with Crippen LogP contribution in [0.1, 0.15) is 11.1 Å². The van der Waals surface area contributed by atoms with Crippen LogP contribution in [0.5, 0.6) is 0 Å². The smallest absolute Gasteiger partial charge is 0.192 e. The molecule has 3 aromatic carbocycles. The number of nitrogens with one attached hydrogen (secondary N) is 1. The molecule has 0 amide bonds. The number of aromatic amines is 1. The second-order valence-corrected chi connectivity index (χ2v) is 8.30. The summed E-state index contributed by atoms with van der Waals surface area (Å²) in [6.45, 7) is 7.10. The predicted molar refractivity (Wildman–Crippen MR) is 129 cm³/mol. The number of pyridine rings is 1. The maximum absolute atomic E-state index is 12.8. The highest BCUT2D eigenvalue weighted by Crippen LogP contribution is 2.25. The van der Waals surface area contributed by atoms with Gasteiger partial charge in [-0.2, -0.15) is 0 Å². The quantitative estimate of drug-likeness (QED) is 0.525. The Morgan fingerprint density at radius 3 is 2.23 bits per heavy atom. The maximum atomic E-state index is 12.8. The second kappa shape index (κ2) is 8.40. The Labute approximate surface area is 182 Å². The molecule has 0 spiro atoms. The molecule has 4 nitrogen and oxygen atoms in total. The molecule has 0 atom stereocenters. The molecule has 1 saturated heterocycles. The molecule has 0 radical (unpaired) electrons. The van der Waals surface area contributed by atoms with E-state index in [9.17, 15) is 4.79 Å². The lowest BCUT2D eigenvalue weighted by Crippen LogP contribution is -2.45. The fraction of sp³-hybridized carbons (Fsp3) is 0.222. The van der Waals surface area contributed by atoms with Gasteiger partial charge in [0, 0.05) is 54.9 Å². The van der Waals surface area contributed by atoms with Crippen molar-refractivity contribution < 1.29 is 0 Å². The van der Waals surface area contributed by atoms with E-state index in [2.05, 4.69) is 69.4 Å². The van der Waals surface area contributed by atoms with Gasteiger partial charge in [0.25, 0.3) is 0 Å². The van der Waals surface area contributed by atoms with Gasteiger partial charge in [-0.3, -0.25) is 9.69 Å². The zero-order chi connectivity index (χ0) is 21.2. The first-order chi connectivity index (χ1) is 15.2. The van der Waals surface area contributed by atoms with Gasteiger partial charge in [-0.25, -0.2) is 0 Å². The van der Waals surface area contributed by atoms with Crippen LogP contribution in [0.4, 0.5) is 5.69 Å². The van der Waals surface area contributed by atoms with Crippen LogP contribution in [-0.2, 0) is 6.54 Å². The second-order valence-electron chi connectivity index (χ2n) is 8.30. The highest BCUT2D eigenvalue weighted by atomic mass is 16.1. The van der Waals surface area contributed by atoms with E-state index >= 15 is 0 Å². The van der Waals surface area contributed by atoms with Crippen LogP contribution in [0, 0.1) is 6.92 Å². The number of H-pyrrole nitrogens is 1. The standard InChI is InChI=1S/C27H27N3O/c1-20-26(28-25-10-6-5-9-24(25)27(20)31)22-11-13-23(14-12-22)30-17-15-29(16-18-30)19-21-7-3-2-4-8-21/h2-14H,15-19H2,1H3,(H,28,31). The van der Waals surface area contributed by atoms with Gasteiger partial charge in [0.15, 0.2) is 5.43 Å². The molecule has 1 fully saturated rings. The van der Waals surface area contributed by atoms with Gasteiger partial charge in [-0.1, -0.05) is 54.6 Å². The molecule has 1 aliphatic heterocycles. The number of hydrogen-bond acceptors (Lipinski definition) is 3. The maximum Gasteiger partial charge on any atom is 0.192 e. The first-order valence-corrected chi connectivity index (χ1v) is 10.9. The van der Waals surface area contributed by atoms with E-state index in [1.807, 2.05) is 31.2 Å². The first kappa shape index (κ1) is 19.6. The third-order valence-corrected chi connectivity index (χ3v) is 6.29. The van der Waals surface area contributed by atoms with Crippen molar-refractivity contribution in [2.45, 2.75) is 13.5 Å². The van der Waals surface area contributed by atoms with Gasteiger partial charge in [0.05, 0.1) is 5.69 Å². The SMILES string of the molecule is Cc1c(-c2ccc(N3CCN(Cc4ccccc4)CC3)cc2)[nH]c2ccccc2c1=O. The number of anilines is 1. The van der Waals surface area contributed by atoms with Crippen molar-refractivity contribution in [3.63, 3.8) is 0 Å². The van der Waals surface area contributed by atoms with Gasteiger partial charge in [-0.05, 0) is 42.3 Å². The van der Waals surface area contributed by atoms with Crippen LogP contribution in [-0.4, -0.2) is 36.1 Å². The van der Waals surface area contributed by atoms with Gasteiger partial charge >= 0.3 is 0 Å². The molecule has 4 heteroatoms. The average molecular weight is 410 g/mol. The lowest BCUT2D eigenvalue weighted by molar-refractivity contribution is 0.250. The molecule has 0 unspecified atom stereocenters. The van der Waals surface area contributed by atoms with E-state index < -0.39 is 0 Å². The highest BCUT2D eigenvalue weighted by Gasteiger charge is 2.18. The molecule has 1 N–H and O–H groups in total. The van der Waals surface area contributed by atoms with E-state index in [0.717, 1.165) is 60.4 Å². The van der Waals surface area contributed by atoms with Crippen molar-refractivity contribution in [2.75, 3.05) is 31.1 Å². The Kier molecular flexibility index (Phi) is 5.31. The minimum absolute atomic E-state index is 0.1000. The summed E-state index contributed by atoms with van der Waals surface area (Å²) in [5, 5.41) is 0.744. The van der Waals surface area contributed by atoms with Crippen LogP contribution in [0.3, 0.4) is 0 Å². The van der Waals surface area contributed by atoms with E-state index in [4.69, 9.17) is 0 Å². The van der Waals surface area contributed by atoms with Crippen LogP contribution in [0.15, 0.2) is 83.7 Å². The van der Waals surface area contributed by atoms with E-state index in [1.165, 1.54) is 11.3 Å². The number of fused-ring (bicyclic) bond motifs is 1. The fourth-order valence-electron chi connectivity index (χ4n) is 4.47. The normalized spacial score (nSPS) is 14.8. The topological polar surface area (TPSA) is 39.3 Å². The van der Waals surface area contributed by atoms with Crippen molar-refractivity contribution >= 4 is 16.6 Å². The largest absolute Gasteiger partial charge is 0.369 e. The summed E-state index contributed by atoms with van der Waals surface area (Å²) in [5.74, 6) is 0. The summed E-state index contributed by atoms with van der Waals surface area (Å²) < 4.78 is 0. The first-order valence-electron chi connectivity index (χ1n) is 10.9. The Morgan fingerprint density at radius 2 is 1.48 bits per heavy atom. The summed E-state index contributed by atoms with van der Waals surface area (Å²) in [5.41, 5.74) is 6.31. The number of para-hydroxylation sites is 1. The van der Waals surface area contributed by atoms with Gasteiger partial charge < -0.3 is 9.88 Å². The van der Waals surface area contributed by atoms with Crippen LogP contribution in [0.2, 0.25) is 0 Å². The lowest BCUT2D eigenvalue weighted by atomic mass is 10.0. The Hall–Kier alpha value is -3.37. The van der Waals surface area contributed by atoms with Gasteiger partial charge in [0.2, 0.25) is 0 Å². The van der Waals surface area contributed by atoms with Crippen LogP contribution < -0.4 is 10.3 Å². The summed E-state index contributed by atoms with van der Waals surface area (Å²) in [6.07, 6.45) is 0. The van der Waals surface area contributed by atoms with Crippen LogP contribution >= 0.6 is 0 Å². The Bertz CT molecular complexity index is 1240. The molecule has 31 heavy (non-hydrogen) atoms. The van der Waals surface area contributed by atoms with E-state index in [-0.39, 0.29) is 5.43 Å². The summed E-state index contributed by atoms with van der Waals surface area (Å²) in [4.78, 5) is 21.2. The van der Waals surface area contributed by atoms with E-state index in [1.54, 1.807) is 0 Å². The van der Waals surface area contributed by atoms with Crippen molar-refractivity contribution in [1.29, 1.82) is 0 Å². The highest BCUT2D eigenvalue weighted by molar-refractivity contribution is 5.83. The zero-order valence-electron chi connectivity index (χ0n) is 17.8. The number of piperazine rings is 1. The number of benzene rings is 3. The number of aromatic nitrogens is 1. The fourth-order valence-corrected chi connectivity index (χ4v) is 4.47. The summed E-state index contributed by atoms with van der Waals surface area (Å²) >= 11 is 0. The van der Waals surface area contributed by atoms with Crippen LogP contribution in [0.25, 0.3) is 22.2 Å². The molecule has 0 saturated carbocycles. The minimum Gasteiger partial charge on any atom is -0.369 e. The van der Waals surface area contributed by atoms with E-state index in [0.29, 0.717) is 0 Å². The Morgan fingerprint density at radius 1 is 0.806 bits per heavy atom. The van der Waals surface area contributed by atoms with Gasteiger partial charge in [-0.15, -0.1) is 0 Å². The van der Waals surface area contributed by atoms with Crippen molar-refractivity contribution in [2.24, 2.45) is 0 Å². The molecule has 0 aliphatic carbocycles. The molecule has 156 valence electrons. The number of rotatable bonds is 4. The van der Waals surface area contributed by atoms with Crippen molar-refractivity contribution in [3.8, 4) is 11.3 Å². The number of hydrogen-bond donors (Lipinski definition) is 1. The molecule has 2 heterocycles. The molecular formula is C27H27N3O. The average Bonchev–Trinajstić information content (AvgIpc) is 2.83. The molecule has 5 rings (SSSR count). The van der Waals surface area contributed by atoms with Gasteiger partial charge in [0.1, 0.15) is 0 Å². The van der Waals surface area contributed by atoms with Crippen molar-refractivity contribution in [3.05, 3.63) is 100 Å². The molecule has 4 aromatic rings. The minimum atomic E-state index is 0.1000. The molecule has 0 bridgehead atoms. The predicted octanol–water partition coefficient (Wildman–Crippen LogP) is 4.83. The summed E-state index contributed by atoms with van der Waals surface area (Å²) in [7, 11) is 0. The van der Waals surface area contributed by atoms with Crippen molar-refractivity contribution in [1.82, 2.24) is 9.88 Å². The molecular weight excluding hydrogens is 382 g/mol. The summed E-state index contributed by atoms with van der Waals surface area (Å²) in [6, 6.07) is 27.0. The molecule has 1 aromatic heterocycles.